The highest BCUT2D eigenvalue weighted by atomic mass is 19.1. The molecule has 1 aromatic heterocycles. The maximum absolute atomic E-state index is 12.9. The first kappa shape index (κ1) is 17.1. The molecular weight excluding hydrogens is 321 g/mol. The van der Waals surface area contributed by atoms with Crippen molar-refractivity contribution in [2.45, 2.75) is 12.8 Å². The molecule has 6 heteroatoms. The molecule has 0 saturated carbocycles. The molecule has 0 N–H and O–H groups in total. The number of ketones is 1. The van der Waals surface area contributed by atoms with Gasteiger partial charge in [-0.15, -0.1) is 0 Å². The summed E-state index contributed by atoms with van der Waals surface area (Å²) >= 11 is 0. The van der Waals surface area contributed by atoms with Crippen molar-refractivity contribution in [1.82, 2.24) is 9.88 Å². The topological polar surface area (TPSA) is 53.5 Å². The fourth-order valence-electron chi connectivity index (χ4n) is 2.88. The van der Waals surface area contributed by atoms with Crippen LogP contribution in [0.25, 0.3) is 0 Å². The number of aromatic nitrogens is 1. The van der Waals surface area contributed by atoms with Crippen LogP contribution in [0.5, 0.6) is 0 Å². The van der Waals surface area contributed by atoms with Crippen LogP contribution in [0.4, 0.5) is 10.2 Å². The number of piperazine rings is 1. The molecule has 0 radical (unpaired) electrons. The second kappa shape index (κ2) is 7.88. The van der Waals surface area contributed by atoms with Gasteiger partial charge in [-0.2, -0.15) is 0 Å². The van der Waals surface area contributed by atoms with Gasteiger partial charge in [-0.25, -0.2) is 9.37 Å². The summed E-state index contributed by atoms with van der Waals surface area (Å²) < 4.78 is 12.9. The Balaban J connectivity index is 1.46. The molecule has 0 unspecified atom stereocenters. The number of hydrogen-bond acceptors (Lipinski definition) is 4. The van der Waals surface area contributed by atoms with Crippen LogP contribution < -0.4 is 4.90 Å². The van der Waals surface area contributed by atoms with Crippen molar-refractivity contribution in [3.8, 4) is 0 Å². The predicted molar refractivity (Wildman–Crippen MR) is 93.0 cm³/mol. The number of pyridine rings is 1. The standard InChI is InChI=1S/C19H20FN3O2/c20-16-6-4-15(5-7-16)17(24)8-9-19(25)23-13-11-22(12-14-23)18-3-1-2-10-21-18/h1-7,10H,8-9,11-14H2. The molecule has 1 saturated heterocycles. The van der Waals surface area contributed by atoms with Crippen LogP contribution in [0.1, 0.15) is 23.2 Å². The Bertz CT molecular complexity index is 726. The van der Waals surface area contributed by atoms with E-state index in [4.69, 9.17) is 0 Å². The summed E-state index contributed by atoms with van der Waals surface area (Å²) in [5.41, 5.74) is 0.439. The molecule has 130 valence electrons. The minimum atomic E-state index is -0.376. The zero-order valence-corrected chi connectivity index (χ0v) is 13.9. The number of amides is 1. The number of carbonyl (C=O) groups is 2. The van der Waals surface area contributed by atoms with Crippen molar-refractivity contribution in [3.63, 3.8) is 0 Å². The Morgan fingerprint density at radius 1 is 0.960 bits per heavy atom. The van der Waals surface area contributed by atoms with Crippen LogP contribution in [0.2, 0.25) is 0 Å². The normalized spacial score (nSPS) is 14.4. The average Bonchev–Trinajstić information content (AvgIpc) is 2.67. The fourth-order valence-corrected chi connectivity index (χ4v) is 2.88. The lowest BCUT2D eigenvalue weighted by molar-refractivity contribution is -0.131. The second-order valence-corrected chi connectivity index (χ2v) is 5.99. The Labute approximate surface area is 146 Å². The maximum Gasteiger partial charge on any atom is 0.223 e. The van der Waals surface area contributed by atoms with Gasteiger partial charge in [0, 0.05) is 50.8 Å². The van der Waals surface area contributed by atoms with E-state index in [1.54, 1.807) is 11.1 Å². The molecule has 3 rings (SSSR count). The number of nitrogens with zero attached hydrogens (tertiary/aromatic N) is 3. The third kappa shape index (κ3) is 4.41. The van der Waals surface area contributed by atoms with Crippen molar-refractivity contribution >= 4 is 17.5 Å². The largest absolute Gasteiger partial charge is 0.353 e. The molecule has 0 aliphatic carbocycles. The first-order chi connectivity index (χ1) is 12.1. The molecule has 1 amide bonds. The molecule has 1 aliphatic rings. The first-order valence-corrected chi connectivity index (χ1v) is 8.36. The highest BCUT2D eigenvalue weighted by Crippen LogP contribution is 2.14. The van der Waals surface area contributed by atoms with Gasteiger partial charge in [-0.3, -0.25) is 9.59 Å². The van der Waals surface area contributed by atoms with Gasteiger partial charge < -0.3 is 9.80 Å². The van der Waals surface area contributed by atoms with E-state index in [0.29, 0.717) is 18.7 Å². The SMILES string of the molecule is O=C(CCC(=O)N1CCN(c2ccccn2)CC1)c1ccc(F)cc1. The van der Waals surface area contributed by atoms with E-state index < -0.39 is 0 Å². The van der Waals surface area contributed by atoms with Crippen LogP contribution in [-0.4, -0.2) is 47.8 Å². The first-order valence-electron chi connectivity index (χ1n) is 8.36. The van der Waals surface area contributed by atoms with E-state index >= 15 is 0 Å². The Hall–Kier alpha value is -2.76. The van der Waals surface area contributed by atoms with Crippen LogP contribution in [0.15, 0.2) is 48.7 Å². The Morgan fingerprint density at radius 3 is 2.32 bits per heavy atom. The fraction of sp³-hybridized carbons (Fsp3) is 0.316. The monoisotopic (exact) mass is 341 g/mol. The summed E-state index contributed by atoms with van der Waals surface area (Å²) in [6, 6.07) is 11.2. The molecule has 0 atom stereocenters. The van der Waals surface area contributed by atoms with Gasteiger partial charge in [-0.1, -0.05) is 6.07 Å². The number of carbonyl (C=O) groups excluding carboxylic acids is 2. The van der Waals surface area contributed by atoms with Gasteiger partial charge in [0.1, 0.15) is 11.6 Å². The quantitative estimate of drug-likeness (QED) is 0.784. The third-order valence-corrected chi connectivity index (χ3v) is 4.34. The van der Waals surface area contributed by atoms with E-state index in [2.05, 4.69) is 9.88 Å². The lowest BCUT2D eigenvalue weighted by atomic mass is 10.1. The number of anilines is 1. The highest BCUT2D eigenvalue weighted by molar-refractivity contribution is 5.97. The van der Waals surface area contributed by atoms with Gasteiger partial charge in [0.25, 0.3) is 0 Å². The highest BCUT2D eigenvalue weighted by Gasteiger charge is 2.22. The molecule has 2 heterocycles. The molecular formula is C19H20FN3O2. The van der Waals surface area contributed by atoms with E-state index in [9.17, 15) is 14.0 Å². The van der Waals surface area contributed by atoms with Crippen LogP contribution >= 0.6 is 0 Å². The van der Waals surface area contributed by atoms with Gasteiger partial charge in [0.05, 0.1) is 0 Å². The number of halogens is 1. The molecule has 5 nitrogen and oxygen atoms in total. The maximum atomic E-state index is 12.9. The predicted octanol–water partition coefficient (Wildman–Crippen LogP) is 2.53. The molecule has 1 aromatic carbocycles. The molecule has 25 heavy (non-hydrogen) atoms. The van der Waals surface area contributed by atoms with Crippen molar-refractivity contribution < 1.29 is 14.0 Å². The van der Waals surface area contributed by atoms with E-state index in [-0.39, 0.29) is 30.3 Å². The van der Waals surface area contributed by atoms with E-state index in [1.165, 1.54) is 24.3 Å². The summed E-state index contributed by atoms with van der Waals surface area (Å²) in [5.74, 6) is 0.385. The smallest absolute Gasteiger partial charge is 0.223 e. The van der Waals surface area contributed by atoms with Crippen molar-refractivity contribution in [2.75, 3.05) is 31.1 Å². The molecule has 1 aliphatic heterocycles. The lowest BCUT2D eigenvalue weighted by Crippen LogP contribution is -2.49. The zero-order valence-electron chi connectivity index (χ0n) is 13.9. The summed E-state index contributed by atoms with van der Waals surface area (Å²) in [4.78, 5) is 32.6. The van der Waals surface area contributed by atoms with E-state index in [0.717, 1.165) is 18.9 Å². The number of benzene rings is 1. The second-order valence-electron chi connectivity index (χ2n) is 5.99. The summed E-state index contributed by atoms with van der Waals surface area (Å²) in [7, 11) is 0. The summed E-state index contributed by atoms with van der Waals surface area (Å²) in [6.45, 7) is 2.71. The van der Waals surface area contributed by atoms with Gasteiger partial charge in [-0.05, 0) is 36.4 Å². The Morgan fingerprint density at radius 2 is 1.68 bits per heavy atom. The van der Waals surface area contributed by atoms with Crippen molar-refractivity contribution in [1.29, 1.82) is 0 Å². The minimum Gasteiger partial charge on any atom is -0.353 e. The van der Waals surface area contributed by atoms with Crippen molar-refractivity contribution in [3.05, 3.63) is 60.0 Å². The van der Waals surface area contributed by atoms with Gasteiger partial charge in [0.15, 0.2) is 5.78 Å². The molecule has 1 fully saturated rings. The minimum absolute atomic E-state index is 0.0175. The van der Waals surface area contributed by atoms with Crippen LogP contribution in [0, 0.1) is 5.82 Å². The number of Topliss-reactive ketones (excluding diaryl/α,β-unsaturated/α-hetero) is 1. The number of hydrogen-bond donors (Lipinski definition) is 0. The van der Waals surface area contributed by atoms with Gasteiger partial charge in [0.2, 0.25) is 5.91 Å². The average molecular weight is 341 g/mol. The van der Waals surface area contributed by atoms with Crippen molar-refractivity contribution in [2.24, 2.45) is 0 Å². The number of rotatable bonds is 5. The molecule has 2 aromatic rings. The third-order valence-electron chi connectivity index (χ3n) is 4.34. The molecule has 0 spiro atoms. The summed E-state index contributed by atoms with van der Waals surface area (Å²) in [6.07, 6.45) is 2.08. The Kier molecular flexibility index (Phi) is 5.38. The van der Waals surface area contributed by atoms with Gasteiger partial charge >= 0.3 is 0 Å². The van der Waals surface area contributed by atoms with E-state index in [1.807, 2.05) is 18.2 Å². The summed E-state index contributed by atoms with van der Waals surface area (Å²) in [5, 5.41) is 0. The lowest BCUT2D eigenvalue weighted by Gasteiger charge is -2.35. The zero-order chi connectivity index (χ0) is 17.6. The van der Waals surface area contributed by atoms with Crippen LogP contribution in [-0.2, 0) is 4.79 Å². The molecule has 0 bridgehead atoms. The van der Waals surface area contributed by atoms with Crippen LogP contribution in [0.3, 0.4) is 0 Å².